The molecule has 0 amide bonds. The van der Waals surface area contributed by atoms with Crippen molar-refractivity contribution in [3.8, 4) is 0 Å². The average Bonchev–Trinajstić information content (AvgIpc) is 2.87. The summed E-state index contributed by atoms with van der Waals surface area (Å²) in [5.41, 5.74) is 6.84. The summed E-state index contributed by atoms with van der Waals surface area (Å²) in [5.74, 6) is 0.692. The summed E-state index contributed by atoms with van der Waals surface area (Å²) < 4.78 is 0. The number of aromatic nitrogens is 1. The maximum Gasteiger partial charge on any atom is 0.0737 e. The van der Waals surface area contributed by atoms with E-state index >= 15 is 0 Å². The van der Waals surface area contributed by atoms with Crippen molar-refractivity contribution in [2.24, 2.45) is 5.92 Å². The molecule has 1 aromatic carbocycles. The number of benzene rings is 1. The van der Waals surface area contributed by atoms with Crippen molar-refractivity contribution in [2.45, 2.75) is 46.6 Å². The smallest absolute Gasteiger partial charge is 0.0737 e. The minimum atomic E-state index is 0.692. The van der Waals surface area contributed by atoms with Crippen LogP contribution in [0.15, 0.2) is 18.2 Å². The molecule has 0 spiro atoms. The molecule has 2 heteroatoms. The van der Waals surface area contributed by atoms with E-state index in [1.165, 1.54) is 46.1 Å². The Morgan fingerprint density at radius 3 is 2.90 bits per heavy atom. The van der Waals surface area contributed by atoms with Crippen molar-refractivity contribution in [1.82, 2.24) is 10.3 Å². The van der Waals surface area contributed by atoms with E-state index in [1.54, 1.807) is 0 Å². The van der Waals surface area contributed by atoms with Gasteiger partial charge in [-0.2, -0.15) is 0 Å². The van der Waals surface area contributed by atoms with Crippen molar-refractivity contribution in [1.29, 1.82) is 0 Å². The molecule has 1 aliphatic carbocycles. The highest BCUT2D eigenvalue weighted by molar-refractivity contribution is 5.86. The topological polar surface area (TPSA) is 24.9 Å². The molecule has 1 N–H and O–H groups in total. The first-order valence-electron chi connectivity index (χ1n) is 7.77. The van der Waals surface area contributed by atoms with Crippen LogP contribution in [0.2, 0.25) is 0 Å². The van der Waals surface area contributed by atoms with E-state index in [0.717, 1.165) is 19.5 Å². The maximum atomic E-state index is 4.93. The number of hydrogen-bond acceptors (Lipinski definition) is 2. The molecule has 0 atom stereocenters. The molecular weight excluding hydrogens is 244 g/mol. The molecule has 20 heavy (non-hydrogen) atoms. The van der Waals surface area contributed by atoms with Crippen molar-refractivity contribution >= 4 is 10.9 Å². The maximum absolute atomic E-state index is 4.93. The fourth-order valence-electron chi connectivity index (χ4n) is 3.21. The zero-order valence-corrected chi connectivity index (χ0v) is 12.8. The highest BCUT2D eigenvalue weighted by atomic mass is 14.9. The van der Waals surface area contributed by atoms with Crippen LogP contribution < -0.4 is 5.32 Å². The van der Waals surface area contributed by atoms with Gasteiger partial charge >= 0.3 is 0 Å². The van der Waals surface area contributed by atoms with Gasteiger partial charge in [-0.3, -0.25) is 4.98 Å². The van der Waals surface area contributed by atoms with Crippen LogP contribution in [0.5, 0.6) is 0 Å². The van der Waals surface area contributed by atoms with Crippen LogP contribution in [0.3, 0.4) is 0 Å². The number of rotatable bonds is 4. The molecule has 0 radical (unpaired) electrons. The molecule has 0 unspecified atom stereocenters. The Kier molecular flexibility index (Phi) is 3.75. The second-order valence-corrected chi connectivity index (χ2v) is 6.36. The Bertz CT molecular complexity index is 629. The van der Waals surface area contributed by atoms with Gasteiger partial charge in [-0.05, 0) is 55.3 Å². The minimum absolute atomic E-state index is 0.692. The summed E-state index contributed by atoms with van der Waals surface area (Å²) in [6, 6.07) is 6.56. The van der Waals surface area contributed by atoms with Gasteiger partial charge in [0.05, 0.1) is 5.52 Å². The monoisotopic (exact) mass is 268 g/mol. The second-order valence-electron chi connectivity index (χ2n) is 6.36. The molecule has 0 saturated heterocycles. The molecular formula is C18H24N2. The Balaban J connectivity index is 2.05. The van der Waals surface area contributed by atoms with Crippen LogP contribution in [0.25, 0.3) is 10.9 Å². The number of fused-ring (bicyclic) bond motifs is 2. The molecule has 3 rings (SSSR count). The van der Waals surface area contributed by atoms with Crippen LogP contribution in [0.4, 0.5) is 0 Å². The van der Waals surface area contributed by atoms with Crippen molar-refractivity contribution in [2.75, 3.05) is 6.54 Å². The first kappa shape index (κ1) is 13.6. The number of pyridine rings is 1. The molecule has 1 heterocycles. The second kappa shape index (κ2) is 5.53. The van der Waals surface area contributed by atoms with Gasteiger partial charge in [0.2, 0.25) is 0 Å². The zero-order valence-electron chi connectivity index (χ0n) is 12.8. The number of aryl methyl sites for hydroxylation is 2. The number of para-hydroxylation sites is 1. The zero-order chi connectivity index (χ0) is 14.1. The van der Waals surface area contributed by atoms with Gasteiger partial charge in [-0.1, -0.05) is 32.0 Å². The van der Waals surface area contributed by atoms with Gasteiger partial charge in [0.15, 0.2) is 0 Å². The number of nitrogens with zero attached hydrogens (tertiary/aromatic N) is 1. The third-order valence-electron chi connectivity index (χ3n) is 4.22. The number of nitrogens with one attached hydrogen (secondary N) is 1. The fourth-order valence-corrected chi connectivity index (χ4v) is 3.21. The number of hydrogen-bond donors (Lipinski definition) is 1. The van der Waals surface area contributed by atoms with Crippen molar-refractivity contribution in [3.05, 3.63) is 40.6 Å². The third kappa shape index (κ3) is 2.45. The van der Waals surface area contributed by atoms with Gasteiger partial charge in [-0.25, -0.2) is 0 Å². The van der Waals surface area contributed by atoms with E-state index in [0.29, 0.717) is 5.92 Å². The molecule has 1 aliphatic rings. The lowest BCUT2D eigenvalue weighted by molar-refractivity contribution is 0.552. The predicted molar refractivity (Wildman–Crippen MR) is 85.0 cm³/mol. The normalized spacial score (nSPS) is 14.2. The van der Waals surface area contributed by atoms with Crippen LogP contribution in [0, 0.1) is 12.8 Å². The SMILES string of the molecule is Cc1cccc2c(CNCC(C)C)c3c(nc12)CCC3. The van der Waals surface area contributed by atoms with Gasteiger partial charge in [0.1, 0.15) is 0 Å². The van der Waals surface area contributed by atoms with Crippen LogP contribution in [-0.2, 0) is 19.4 Å². The lowest BCUT2D eigenvalue weighted by Crippen LogP contribution is -2.20. The standard InChI is InChI=1S/C18H24N2/c1-12(2)10-19-11-16-14-7-5-9-17(14)20-18-13(3)6-4-8-15(16)18/h4,6,8,12,19H,5,7,9-11H2,1-3H3. The predicted octanol–water partition coefficient (Wildman–Crippen LogP) is 3.78. The highest BCUT2D eigenvalue weighted by Gasteiger charge is 2.19. The summed E-state index contributed by atoms with van der Waals surface area (Å²) in [5, 5.41) is 4.96. The minimum Gasteiger partial charge on any atom is -0.312 e. The van der Waals surface area contributed by atoms with Gasteiger partial charge in [0.25, 0.3) is 0 Å². The first-order valence-corrected chi connectivity index (χ1v) is 7.77. The Hall–Kier alpha value is -1.41. The van der Waals surface area contributed by atoms with Crippen LogP contribution >= 0.6 is 0 Å². The molecule has 0 aliphatic heterocycles. The molecule has 0 fully saturated rings. The Morgan fingerprint density at radius 1 is 1.25 bits per heavy atom. The van der Waals surface area contributed by atoms with E-state index in [-0.39, 0.29) is 0 Å². The molecule has 0 bridgehead atoms. The highest BCUT2D eigenvalue weighted by Crippen LogP contribution is 2.31. The fraction of sp³-hybridized carbons (Fsp3) is 0.500. The van der Waals surface area contributed by atoms with Crippen LogP contribution in [-0.4, -0.2) is 11.5 Å². The largest absolute Gasteiger partial charge is 0.312 e. The summed E-state index contributed by atoms with van der Waals surface area (Å²) in [6.45, 7) is 8.73. The molecule has 0 saturated carbocycles. The van der Waals surface area contributed by atoms with Gasteiger partial charge < -0.3 is 5.32 Å². The van der Waals surface area contributed by atoms with E-state index < -0.39 is 0 Å². The summed E-state index contributed by atoms with van der Waals surface area (Å²) >= 11 is 0. The Morgan fingerprint density at radius 2 is 2.10 bits per heavy atom. The van der Waals surface area contributed by atoms with Crippen LogP contribution in [0.1, 0.15) is 42.7 Å². The average molecular weight is 268 g/mol. The van der Waals surface area contributed by atoms with E-state index in [4.69, 9.17) is 4.98 Å². The molecule has 1 aromatic heterocycles. The van der Waals surface area contributed by atoms with E-state index in [9.17, 15) is 0 Å². The van der Waals surface area contributed by atoms with E-state index in [1.807, 2.05) is 0 Å². The third-order valence-corrected chi connectivity index (χ3v) is 4.22. The van der Waals surface area contributed by atoms with Crippen molar-refractivity contribution < 1.29 is 0 Å². The molecule has 106 valence electrons. The summed E-state index contributed by atoms with van der Waals surface area (Å²) in [6.07, 6.45) is 3.61. The summed E-state index contributed by atoms with van der Waals surface area (Å²) in [7, 11) is 0. The summed E-state index contributed by atoms with van der Waals surface area (Å²) in [4.78, 5) is 4.93. The van der Waals surface area contributed by atoms with E-state index in [2.05, 4.69) is 44.3 Å². The molecule has 2 aromatic rings. The molecule has 2 nitrogen and oxygen atoms in total. The lowest BCUT2D eigenvalue weighted by atomic mass is 9.99. The lowest BCUT2D eigenvalue weighted by Gasteiger charge is -2.15. The van der Waals surface area contributed by atoms with Gasteiger partial charge in [-0.15, -0.1) is 0 Å². The first-order chi connectivity index (χ1) is 9.66. The quantitative estimate of drug-likeness (QED) is 0.913. The van der Waals surface area contributed by atoms with Gasteiger partial charge in [0, 0.05) is 17.6 Å². The Labute approximate surface area is 121 Å². The van der Waals surface area contributed by atoms with Crippen molar-refractivity contribution in [3.63, 3.8) is 0 Å².